The highest BCUT2D eigenvalue weighted by atomic mass is 16.5. The van der Waals surface area contributed by atoms with Crippen LogP contribution in [-0.4, -0.2) is 57.5 Å². The molecule has 0 radical (unpaired) electrons. The Morgan fingerprint density at radius 2 is 2.24 bits per heavy atom. The van der Waals surface area contributed by atoms with Crippen molar-refractivity contribution in [2.75, 3.05) is 19.8 Å². The second kappa shape index (κ2) is 5.85. The fraction of sp³-hybridized carbons (Fsp3) is 0.643. The van der Waals surface area contributed by atoms with Gasteiger partial charge in [0, 0.05) is 13.1 Å². The normalized spacial score (nSPS) is 21.9. The first-order chi connectivity index (χ1) is 10.2. The highest BCUT2D eigenvalue weighted by Gasteiger charge is 2.32. The summed E-state index contributed by atoms with van der Waals surface area (Å²) in [6, 6.07) is -0.400. The number of carboxylic acids is 1. The Kier molecular flexibility index (Phi) is 3.92. The smallest absolute Gasteiger partial charge is 0.305 e. The Morgan fingerprint density at radius 1 is 1.38 bits per heavy atom. The summed E-state index contributed by atoms with van der Waals surface area (Å²) in [7, 11) is 0. The number of hydrogen-bond donors (Lipinski definition) is 1. The maximum atomic E-state index is 12.7. The number of nitrogens with zero attached hydrogens (tertiary/aromatic N) is 3. The van der Waals surface area contributed by atoms with Gasteiger partial charge in [0.1, 0.15) is 0 Å². The van der Waals surface area contributed by atoms with Crippen molar-refractivity contribution in [3.05, 3.63) is 17.5 Å². The Morgan fingerprint density at radius 3 is 3.05 bits per heavy atom. The summed E-state index contributed by atoms with van der Waals surface area (Å²) in [5.41, 5.74) is 1.60. The molecule has 1 aromatic rings. The minimum Gasteiger partial charge on any atom is -0.481 e. The molecule has 0 spiro atoms. The lowest BCUT2D eigenvalue weighted by molar-refractivity contribution is -0.139. The minimum absolute atomic E-state index is 0.0881. The molecular formula is C14H19N3O4. The van der Waals surface area contributed by atoms with Crippen LogP contribution in [0.3, 0.4) is 0 Å². The van der Waals surface area contributed by atoms with Crippen LogP contribution in [0.1, 0.15) is 35.3 Å². The quantitative estimate of drug-likeness (QED) is 0.879. The van der Waals surface area contributed by atoms with Crippen LogP contribution in [0.4, 0.5) is 0 Å². The lowest BCUT2D eigenvalue weighted by atomic mass is 10.0. The summed E-state index contributed by atoms with van der Waals surface area (Å²) < 4.78 is 7.21. The van der Waals surface area contributed by atoms with Crippen molar-refractivity contribution >= 4 is 11.9 Å². The highest BCUT2D eigenvalue weighted by Crippen LogP contribution is 2.22. The zero-order valence-electron chi connectivity index (χ0n) is 11.8. The second-order valence-electron chi connectivity index (χ2n) is 5.51. The Hall–Kier alpha value is -1.89. The molecule has 0 bridgehead atoms. The van der Waals surface area contributed by atoms with Gasteiger partial charge in [-0.15, -0.1) is 0 Å². The molecule has 0 aliphatic carbocycles. The van der Waals surface area contributed by atoms with Crippen molar-refractivity contribution in [2.45, 2.75) is 38.3 Å². The maximum absolute atomic E-state index is 12.7. The van der Waals surface area contributed by atoms with Crippen LogP contribution in [-0.2, 0) is 22.5 Å². The molecule has 1 atom stereocenters. The van der Waals surface area contributed by atoms with Crippen molar-refractivity contribution in [1.82, 2.24) is 14.7 Å². The molecule has 1 saturated heterocycles. The predicted octanol–water partition coefficient (Wildman–Crippen LogP) is 0.535. The molecule has 0 unspecified atom stereocenters. The van der Waals surface area contributed by atoms with Gasteiger partial charge >= 0.3 is 5.97 Å². The molecule has 114 valence electrons. The van der Waals surface area contributed by atoms with Crippen molar-refractivity contribution < 1.29 is 19.4 Å². The molecule has 3 rings (SSSR count). The molecule has 1 aromatic heterocycles. The second-order valence-corrected chi connectivity index (χ2v) is 5.51. The molecule has 0 aromatic carbocycles. The number of aromatic nitrogens is 2. The van der Waals surface area contributed by atoms with Crippen LogP contribution in [0, 0.1) is 0 Å². The van der Waals surface area contributed by atoms with Gasteiger partial charge < -0.3 is 14.7 Å². The van der Waals surface area contributed by atoms with E-state index in [9.17, 15) is 9.59 Å². The molecule has 2 aliphatic rings. The van der Waals surface area contributed by atoms with Gasteiger partial charge in [-0.1, -0.05) is 0 Å². The molecule has 2 aliphatic heterocycles. The topological polar surface area (TPSA) is 84.7 Å². The largest absolute Gasteiger partial charge is 0.481 e. The van der Waals surface area contributed by atoms with E-state index in [0.29, 0.717) is 18.7 Å². The summed E-state index contributed by atoms with van der Waals surface area (Å²) in [5.74, 6) is -1.03. The SMILES string of the molecule is O=C(O)C[C@@H]1COCCN1C(=O)c1cnn2c1CCCC2. The van der Waals surface area contributed by atoms with Gasteiger partial charge in [0.15, 0.2) is 0 Å². The van der Waals surface area contributed by atoms with Crippen LogP contribution in [0.15, 0.2) is 6.20 Å². The average molecular weight is 293 g/mol. The Labute approximate surface area is 122 Å². The van der Waals surface area contributed by atoms with Crippen molar-refractivity contribution in [3.63, 3.8) is 0 Å². The standard InChI is InChI=1S/C14H19N3O4/c18-13(19)7-10-9-21-6-5-16(10)14(20)11-8-15-17-4-2-1-3-12(11)17/h8,10H,1-7,9H2,(H,18,19)/t10-/m1/s1. The van der Waals surface area contributed by atoms with E-state index in [-0.39, 0.29) is 18.9 Å². The summed E-state index contributed by atoms with van der Waals surface area (Å²) in [6.07, 6.45) is 4.54. The van der Waals surface area contributed by atoms with Gasteiger partial charge in [0.25, 0.3) is 5.91 Å². The lowest BCUT2D eigenvalue weighted by Crippen LogP contribution is -2.49. The van der Waals surface area contributed by atoms with Gasteiger partial charge in [-0.25, -0.2) is 0 Å². The molecule has 1 fully saturated rings. The number of morpholine rings is 1. The van der Waals surface area contributed by atoms with Crippen molar-refractivity contribution in [1.29, 1.82) is 0 Å². The number of aryl methyl sites for hydroxylation is 1. The van der Waals surface area contributed by atoms with Crippen LogP contribution in [0.2, 0.25) is 0 Å². The molecule has 7 nitrogen and oxygen atoms in total. The first-order valence-electron chi connectivity index (χ1n) is 7.32. The number of hydrogen-bond acceptors (Lipinski definition) is 4. The summed E-state index contributed by atoms with van der Waals surface area (Å²) in [6.45, 7) is 2.01. The number of carbonyl (C=O) groups is 2. The van der Waals surface area contributed by atoms with E-state index in [1.54, 1.807) is 11.1 Å². The van der Waals surface area contributed by atoms with E-state index in [4.69, 9.17) is 9.84 Å². The first-order valence-corrected chi connectivity index (χ1v) is 7.32. The number of ether oxygens (including phenoxy) is 1. The van der Waals surface area contributed by atoms with E-state index < -0.39 is 12.0 Å². The van der Waals surface area contributed by atoms with E-state index in [1.807, 2.05) is 4.68 Å². The predicted molar refractivity (Wildman–Crippen MR) is 73.1 cm³/mol. The van der Waals surface area contributed by atoms with E-state index in [1.165, 1.54) is 0 Å². The molecule has 3 heterocycles. The summed E-state index contributed by atoms with van der Waals surface area (Å²) in [5, 5.41) is 13.3. The first kappa shape index (κ1) is 14.1. The minimum atomic E-state index is -0.916. The number of aliphatic carboxylic acids is 1. The van der Waals surface area contributed by atoms with Gasteiger partial charge in [-0.3, -0.25) is 14.3 Å². The molecule has 7 heteroatoms. The highest BCUT2D eigenvalue weighted by molar-refractivity contribution is 5.95. The fourth-order valence-electron chi connectivity index (χ4n) is 3.05. The number of rotatable bonds is 3. The molecule has 21 heavy (non-hydrogen) atoms. The van der Waals surface area contributed by atoms with Crippen molar-refractivity contribution in [3.8, 4) is 0 Å². The zero-order chi connectivity index (χ0) is 14.8. The van der Waals surface area contributed by atoms with Crippen LogP contribution in [0.25, 0.3) is 0 Å². The molecular weight excluding hydrogens is 274 g/mol. The van der Waals surface area contributed by atoms with Gasteiger partial charge in [-0.05, 0) is 19.3 Å². The average Bonchev–Trinajstić information content (AvgIpc) is 2.90. The Balaban J connectivity index is 1.82. The lowest BCUT2D eigenvalue weighted by Gasteiger charge is -2.35. The van der Waals surface area contributed by atoms with E-state index in [2.05, 4.69) is 5.10 Å². The number of amides is 1. The van der Waals surface area contributed by atoms with Crippen LogP contribution >= 0.6 is 0 Å². The molecule has 0 saturated carbocycles. The van der Waals surface area contributed by atoms with Crippen molar-refractivity contribution in [2.24, 2.45) is 0 Å². The van der Waals surface area contributed by atoms with E-state index >= 15 is 0 Å². The molecule has 1 amide bonds. The summed E-state index contributed by atoms with van der Waals surface area (Å²) in [4.78, 5) is 25.3. The van der Waals surface area contributed by atoms with Gasteiger partial charge in [0.05, 0.1) is 43.1 Å². The van der Waals surface area contributed by atoms with E-state index in [0.717, 1.165) is 31.5 Å². The van der Waals surface area contributed by atoms with Crippen LogP contribution in [0.5, 0.6) is 0 Å². The van der Waals surface area contributed by atoms with Crippen LogP contribution < -0.4 is 0 Å². The monoisotopic (exact) mass is 293 g/mol. The number of carbonyl (C=O) groups excluding carboxylic acids is 1. The van der Waals surface area contributed by atoms with Gasteiger partial charge in [0.2, 0.25) is 0 Å². The number of fused-ring (bicyclic) bond motifs is 1. The fourth-order valence-corrected chi connectivity index (χ4v) is 3.05. The molecule has 1 N–H and O–H groups in total. The third kappa shape index (κ3) is 2.78. The third-order valence-electron chi connectivity index (χ3n) is 4.11. The van der Waals surface area contributed by atoms with Gasteiger partial charge in [-0.2, -0.15) is 5.10 Å². The maximum Gasteiger partial charge on any atom is 0.305 e. The Bertz CT molecular complexity index is 554. The third-order valence-corrected chi connectivity index (χ3v) is 4.11. The summed E-state index contributed by atoms with van der Waals surface area (Å²) >= 11 is 0. The zero-order valence-corrected chi connectivity index (χ0v) is 11.8. The number of carboxylic acid groups (broad SMARTS) is 1.